The number of rotatable bonds is 6. The van der Waals surface area contributed by atoms with Gasteiger partial charge in [-0.2, -0.15) is 0 Å². The Morgan fingerprint density at radius 1 is 1.10 bits per heavy atom. The van der Waals surface area contributed by atoms with Gasteiger partial charge in [-0.25, -0.2) is 0 Å². The molecule has 1 aromatic carbocycles. The van der Waals surface area contributed by atoms with Crippen LogP contribution in [0.5, 0.6) is 0 Å². The van der Waals surface area contributed by atoms with Gasteiger partial charge >= 0.3 is 0 Å². The Morgan fingerprint density at radius 2 is 1.95 bits per heavy atom. The summed E-state index contributed by atoms with van der Waals surface area (Å²) in [6, 6.07) is 14.6. The number of aromatic nitrogens is 1. The fourth-order valence-electron chi connectivity index (χ4n) is 2.19. The van der Waals surface area contributed by atoms with E-state index in [0.717, 1.165) is 25.3 Å². The Morgan fingerprint density at radius 3 is 2.60 bits per heavy atom. The van der Waals surface area contributed by atoms with Crippen LogP contribution in [0.15, 0.2) is 48.7 Å². The molecule has 0 aliphatic rings. The predicted octanol–water partition coefficient (Wildman–Crippen LogP) is 2.77. The molecule has 0 saturated heterocycles. The topological polar surface area (TPSA) is 42.1 Å². The van der Waals surface area contributed by atoms with E-state index in [2.05, 4.69) is 47.1 Å². The van der Waals surface area contributed by atoms with Crippen molar-refractivity contribution < 1.29 is 0 Å². The van der Waals surface area contributed by atoms with Crippen LogP contribution in [0.25, 0.3) is 0 Å². The third kappa shape index (κ3) is 5.29. The molecule has 0 bridgehead atoms. The highest BCUT2D eigenvalue weighted by Gasteiger charge is 2.07. The van der Waals surface area contributed by atoms with Gasteiger partial charge in [0.25, 0.3) is 0 Å². The fourth-order valence-corrected chi connectivity index (χ4v) is 2.19. The molecule has 0 radical (unpaired) electrons. The Kier molecular flexibility index (Phi) is 7.23. The monoisotopic (exact) mass is 291 g/mol. The van der Waals surface area contributed by atoms with Crippen LogP contribution in [-0.2, 0) is 13.1 Å². The SMILES string of the molecule is Cc1cccc(CN(CCN)Cc2ccccn2)c1.Cl. The highest BCUT2D eigenvalue weighted by molar-refractivity contribution is 5.85. The molecule has 1 aromatic heterocycles. The molecule has 0 unspecified atom stereocenters. The van der Waals surface area contributed by atoms with Gasteiger partial charge in [0.15, 0.2) is 0 Å². The quantitative estimate of drug-likeness (QED) is 0.890. The van der Waals surface area contributed by atoms with Crippen molar-refractivity contribution in [2.24, 2.45) is 5.73 Å². The van der Waals surface area contributed by atoms with Crippen molar-refractivity contribution in [2.45, 2.75) is 20.0 Å². The van der Waals surface area contributed by atoms with Gasteiger partial charge in [-0.1, -0.05) is 35.9 Å². The molecular weight excluding hydrogens is 270 g/mol. The van der Waals surface area contributed by atoms with Crippen molar-refractivity contribution >= 4 is 12.4 Å². The van der Waals surface area contributed by atoms with Gasteiger partial charge in [0.05, 0.1) is 5.69 Å². The third-order valence-electron chi connectivity index (χ3n) is 3.05. The number of halogens is 1. The summed E-state index contributed by atoms with van der Waals surface area (Å²) in [5, 5.41) is 0. The summed E-state index contributed by atoms with van der Waals surface area (Å²) in [5.41, 5.74) is 9.41. The average Bonchev–Trinajstić information content (AvgIpc) is 2.40. The zero-order chi connectivity index (χ0) is 13.5. The number of hydrogen-bond donors (Lipinski definition) is 1. The number of nitrogens with zero attached hydrogens (tertiary/aromatic N) is 2. The van der Waals surface area contributed by atoms with E-state index in [1.165, 1.54) is 11.1 Å². The van der Waals surface area contributed by atoms with E-state index in [9.17, 15) is 0 Å². The van der Waals surface area contributed by atoms with Crippen LogP contribution in [-0.4, -0.2) is 23.0 Å². The van der Waals surface area contributed by atoms with Gasteiger partial charge in [0.1, 0.15) is 0 Å². The van der Waals surface area contributed by atoms with E-state index in [4.69, 9.17) is 5.73 Å². The summed E-state index contributed by atoms with van der Waals surface area (Å²) < 4.78 is 0. The maximum atomic E-state index is 5.70. The Labute approximate surface area is 127 Å². The minimum atomic E-state index is 0. The fraction of sp³-hybridized carbons (Fsp3) is 0.312. The number of pyridine rings is 1. The average molecular weight is 292 g/mol. The first kappa shape index (κ1) is 16.6. The molecule has 3 nitrogen and oxygen atoms in total. The number of benzene rings is 1. The van der Waals surface area contributed by atoms with E-state index in [1.807, 2.05) is 18.3 Å². The molecule has 0 saturated carbocycles. The molecule has 0 atom stereocenters. The summed E-state index contributed by atoms with van der Waals surface area (Å²) >= 11 is 0. The first-order valence-electron chi connectivity index (χ1n) is 6.66. The van der Waals surface area contributed by atoms with Crippen molar-refractivity contribution in [1.29, 1.82) is 0 Å². The summed E-state index contributed by atoms with van der Waals surface area (Å²) in [6.07, 6.45) is 1.84. The first-order valence-corrected chi connectivity index (χ1v) is 6.66. The number of nitrogens with two attached hydrogens (primary N) is 1. The molecule has 0 amide bonds. The number of aryl methyl sites for hydroxylation is 1. The normalized spacial score (nSPS) is 10.3. The molecule has 20 heavy (non-hydrogen) atoms. The van der Waals surface area contributed by atoms with Crippen LogP contribution in [0, 0.1) is 6.92 Å². The molecule has 0 fully saturated rings. The molecular formula is C16H22ClN3. The second kappa shape index (κ2) is 8.69. The lowest BCUT2D eigenvalue weighted by Gasteiger charge is -2.21. The van der Waals surface area contributed by atoms with Crippen LogP contribution >= 0.6 is 12.4 Å². The molecule has 2 N–H and O–H groups in total. The third-order valence-corrected chi connectivity index (χ3v) is 3.05. The van der Waals surface area contributed by atoms with E-state index in [0.29, 0.717) is 6.54 Å². The van der Waals surface area contributed by atoms with E-state index >= 15 is 0 Å². The smallest absolute Gasteiger partial charge is 0.0544 e. The zero-order valence-corrected chi connectivity index (χ0v) is 12.6. The highest BCUT2D eigenvalue weighted by atomic mass is 35.5. The van der Waals surface area contributed by atoms with E-state index < -0.39 is 0 Å². The predicted molar refractivity (Wildman–Crippen MR) is 85.8 cm³/mol. The van der Waals surface area contributed by atoms with Crippen LogP contribution < -0.4 is 5.73 Å². The van der Waals surface area contributed by atoms with Crippen molar-refractivity contribution in [3.05, 3.63) is 65.5 Å². The highest BCUT2D eigenvalue weighted by Crippen LogP contribution is 2.10. The second-order valence-corrected chi connectivity index (χ2v) is 4.81. The summed E-state index contributed by atoms with van der Waals surface area (Å²) in [7, 11) is 0. The minimum absolute atomic E-state index is 0. The lowest BCUT2D eigenvalue weighted by molar-refractivity contribution is 0.261. The zero-order valence-electron chi connectivity index (χ0n) is 11.8. The maximum Gasteiger partial charge on any atom is 0.0544 e. The molecule has 0 spiro atoms. The van der Waals surface area contributed by atoms with Crippen molar-refractivity contribution in [1.82, 2.24) is 9.88 Å². The van der Waals surface area contributed by atoms with Crippen LogP contribution in [0.4, 0.5) is 0 Å². The Bertz CT molecular complexity index is 502. The minimum Gasteiger partial charge on any atom is -0.329 e. The molecule has 2 rings (SSSR count). The van der Waals surface area contributed by atoms with Crippen molar-refractivity contribution in [3.63, 3.8) is 0 Å². The Hall–Kier alpha value is -1.42. The van der Waals surface area contributed by atoms with Gasteiger partial charge in [-0.05, 0) is 24.6 Å². The van der Waals surface area contributed by atoms with Crippen LogP contribution in [0.3, 0.4) is 0 Å². The molecule has 4 heteroatoms. The van der Waals surface area contributed by atoms with Crippen molar-refractivity contribution in [2.75, 3.05) is 13.1 Å². The lowest BCUT2D eigenvalue weighted by atomic mass is 10.1. The molecule has 0 aliphatic heterocycles. The lowest BCUT2D eigenvalue weighted by Crippen LogP contribution is -2.29. The van der Waals surface area contributed by atoms with Gasteiger partial charge < -0.3 is 5.73 Å². The van der Waals surface area contributed by atoms with Gasteiger partial charge in [0.2, 0.25) is 0 Å². The van der Waals surface area contributed by atoms with Crippen molar-refractivity contribution in [3.8, 4) is 0 Å². The number of hydrogen-bond acceptors (Lipinski definition) is 3. The summed E-state index contributed by atoms with van der Waals surface area (Å²) in [5.74, 6) is 0. The Balaban J connectivity index is 0.00000200. The van der Waals surface area contributed by atoms with E-state index in [1.54, 1.807) is 0 Å². The van der Waals surface area contributed by atoms with Crippen LogP contribution in [0.1, 0.15) is 16.8 Å². The first-order chi connectivity index (χ1) is 9.28. The standard InChI is InChI=1S/C16H21N3.ClH/c1-14-5-4-6-15(11-14)12-19(10-8-17)13-16-7-2-3-9-18-16;/h2-7,9,11H,8,10,12-13,17H2,1H3;1H. The van der Waals surface area contributed by atoms with E-state index in [-0.39, 0.29) is 12.4 Å². The van der Waals surface area contributed by atoms with Gasteiger partial charge in [-0.3, -0.25) is 9.88 Å². The van der Waals surface area contributed by atoms with Gasteiger partial charge in [-0.15, -0.1) is 12.4 Å². The molecule has 108 valence electrons. The molecule has 0 aliphatic carbocycles. The summed E-state index contributed by atoms with van der Waals surface area (Å²) in [4.78, 5) is 6.71. The maximum absolute atomic E-state index is 5.70. The summed E-state index contributed by atoms with van der Waals surface area (Å²) in [6.45, 7) is 5.42. The molecule has 1 heterocycles. The largest absolute Gasteiger partial charge is 0.329 e. The molecule has 2 aromatic rings. The van der Waals surface area contributed by atoms with Crippen LogP contribution in [0.2, 0.25) is 0 Å². The van der Waals surface area contributed by atoms with Gasteiger partial charge in [0, 0.05) is 32.4 Å². The second-order valence-electron chi connectivity index (χ2n) is 4.81.